The average molecular weight is 554 g/mol. The van der Waals surface area contributed by atoms with E-state index in [9.17, 15) is 22.8 Å². The van der Waals surface area contributed by atoms with E-state index in [0.717, 1.165) is 24.8 Å². The molecular formula is C30H30F3N3O4. The van der Waals surface area contributed by atoms with Gasteiger partial charge in [0.15, 0.2) is 0 Å². The van der Waals surface area contributed by atoms with E-state index in [1.54, 1.807) is 51.1 Å². The zero-order chi connectivity index (χ0) is 28.9. The van der Waals surface area contributed by atoms with Crippen molar-refractivity contribution in [2.45, 2.75) is 70.8 Å². The molecule has 5 rings (SSSR count). The van der Waals surface area contributed by atoms with Gasteiger partial charge < -0.3 is 14.5 Å². The second-order valence-electron chi connectivity index (χ2n) is 11.2. The minimum absolute atomic E-state index is 0.0119. The van der Waals surface area contributed by atoms with Crippen LogP contribution in [0.5, 0.6) is 0 Å². The molecular weight excluding hydrogens is 523 g/mol. The number of carbonyl (C=O) groups excluding carboxylic acids is 1. The monoisotopic (exact) mass is 553 g/mol. The van der Waals surface area contributed by atoms with Crippen LogP contribution < -0.4 is 10.9 Å². The molecule has 0 saturated heterocycles. The molecule has 1 aliphatic carbocycles. The summed E-state index contributed by atoms with van der Waals surface area (Å²) < 4.78 is 52.0. The number of benzene rings is 2. The fourth-order valence-corrected chi connectivity index (χ4v) is 5.09. The van der Waals surface area contributed by atoms with Gasteiger partial charge in [0, 0.05) is 11.1 Å². The second kappa shape index (κ2) is 9.83. The van der Waals surface area contributed by atoms with Gasteiger partial charge in [-0.15, -0.1) is 0 Å². The third-order valence-electron chi connectivity index (χ3n) is 7.05. The first kappa shape index (κ1) is 27.5. The van der Waals surface area contributed by atoms with Crippen LogP contribution in [0.2, 0.25) is 0 Å². The predicted molar refractivity (Wildman–Crippen MR) is 145 cm³/mol. The lowest BCUT2D eigenvalue weighted by Crippen LogP contribution is -2.52. The fourth-order valence-electron chi connectivity index (χ4n) is 5.09. The van der Waals surface area contributed by atoms with Gasteiger partial charge in [0.25, 0.3) is 5.56 Å². The maximum atomic E-state index is 13.4. The van der Waals surface area contributed by atoms with Crippen LogP contribution in [0, 0.1) is 6.92 Å². The molecule has 210 valence electrons. The highest BCUT2D eigenvalue weighted by molar-refractivity contribution is 6.00. The highest BCUT2D eigenvalue weighted by Gasteiger charge is 2.41. The van der Waals surface area contributed by atoms with Crippen LogP contribution in [0.1, 0.15) is 51.4 Å². The summed E-state index contributed by atoms with van der Waals surface area (Å²) in [5.41, 5.74) is 0.478. The summed E-state index contributed by atoms with van der Waals surface area (Å²) in [6, 6.07) is 16.3. The molecule has 1 aliphatic rings. The first-order chi connectivity index (χ1) is 18.8. The zero-order valence-electron chi connectivity index (χ0n) is 22.7. The van der Waals surface area contributed by atoms with Crippen molar-refractivity contribution in [1.29, 1.82) is 0 Å². The molecule has 4 aromatic rings. The van der Waals surface area contributed by atoms with Crippen LogP contribution in [-0.2, 0) is 16.8 Å². The molecule has 1 saturated carbocycles. The van der Waals surface area contributed by atoms with Crippen molar-refractivity contribution in [3.63, 3.8) is 0 Å². The quantitative estimate of drug-likeness (QED) is 0.285. The van der Waals surface area contributed by atoms with E-state index in [1.807, 2.05) is 24.3 Å². The molecule has 1 fully saturated rings. The Morgan fingerprint density at radius 2 is 1.70 bits per heavy atom. The Hall–Kier alpha value is -4.08. The number of rotatable bonds is 5. The molecule has 2 heterocycles. The fraction of sp³-hybridized carbons (Fsp3) is 0.367. The summed E-state index contributed by atoms with van der Waals surface area (Å²) in [4.78, 5) is 30.2. The third kappa shape index (κ3) is 5.35. The van der Waals surface area contributed by atoms with Crippen LogP contribution in [-0.4, -0.2) is 27.4 Å². The normalized spacial score (nSPS) is 15.1. The molecule has 7 nitrogen and oxygen atoms in total. The van der Waals surface area contributed by atoms with Crippen molar-refractivity contribution in [3.05, 3.63) is 76.3 Å². The van der Waals surface area contributed by atoms with Crippen molar-refractivity contribution in [2.24, 2.45) is 0 Å². The number of hydrogen-bond acceptors (Lipinski definition) is 5. The second-order valence-corrected chi connectivity index (χ2v) is 11.2. The van der Waals surface area contributed by atoms with Gasteiger partial charge in [-0.3, -0.25) is 9.36 Å². The summed E-state index contributed by atoms with van der Waals surface area (Å²) in [6.45, 7) is 5.32. The van der Waals surface area contributed by atoms with Gasteiger partial charge in [-0.1, -0.05) is 54.6 Å². The molecule has 0 unspecified atom stereocenters. The van der Waals surface area contributed by atoms with Gasteiger partial charge in [-0.2, -0.15) is 18.2 Å². The van der Waals surface area contributed by atoms with E-state index in [0.29, 0.717) is 27.0 Å². The Balaban J connectivity index is 1.60. The number of halogens is 3. The lowest BCUT2D eigenvalue weighted by atomic mass is 9.71. The molecule has 0 aliphatic heterocycles. The number of carbonyl (C=O) groups is 1. The van der Waals surface area contributed by atoms with E-state index < -0.39 is 35.5 Å². The Morgan fingerprint density at radius 3 is 2.25 bits per heavy atom. The number of nitrogens with one attached hydrogen (secondary N) is 1. The summed E-state index contributed by atoms with van der Waals surface area (Å²) in [5, 5.41) is 3.02. The highest BCUT2D eigenvalue weighted by Crippen LogP contribution is 2.43. The molecule has 1 N–H and O–H groups in total. The van der Waals surface area contributed by atoms with E-state index in [-0.39, 0.29) is 16.9 Å². The van der Waals surface area contributed by atoms with Crippen LogP contribution in [0.15, 0.2) is 63.8 Å². The SMILES string of the molecule is Cc1nc2oc(-c3ccc(C4(NC(=O)OC(C)(C)C)CCC4)cc3)c(-c3ccccc3)c2c(=O)n1CC(F)(F)F. The Bertz CT molecular complexity index is 1610. The van der Waals surface area contributed by atoms with E-state index >= 15 is 0 Å². The minimum Gasteiger partial charge on any atom is -0.444 e. The van der Waals surface area contributed by atoms with Gasteiger partial charge in [0.2, 0.25) is 5.71 Å². The molecule has 0 atom stereocenters. The predicted octanol–water partition coefficient (Wildman–Crippen LogP) is 7.10. The van der Waals surface area contributed by atoms with Gasteiger partial charge in [-0.05, 0) is 58.1 Å². The molecule has 40 heavy (non-hydrogen) atoms. The van der Waals surface area contributed by atoms with Crippen LogP contribution >= 0.6 is 0 Å². The standard InChI is InChI=1S/C30H30F3N3O4/c1-18-34-25-23(26(37)36(18)17-30(31,32)33)22(19-9-6-5-7-10-19)24(39-25)20-11-13-21(14-12-20)29(15-8-16-29)35-27(38)40-28(2,3)4/h5-7,9-14H,8,15-17H2,1-4H3,(H,35,38). The van der Waals surface area contributed by atoms with Crippen molar-refractivity contribution in [1.82, 2.24) is 14.9 Å². The summed E-state index contributed by atoms with van der Waals surface area (Å²) in [6.07, 6.45) is -2.61. The molecule has 1 amide bonds. The maximum absolute atomic E-state index is 13.4. The number of nitrogens with zero attached hydrogens (tertiary/aromatic N) is 2. The molecule has 2 aromatic carbocycles. The molecule has 0 radical (unpaired) electrons. The zero-order valence-corrected chi connectivity index (χ0v) is 22.7. The van der Waals surface area contributed by atoms with Crippen LogP contribution in [0.3, 0.4) is 0 Å². The van der Waals surface area contributed by atoms with Gasteiger partial charge in [-0.25, -0.2) is 4.79 Å². The van der Waals surface area contributed by atoms with E-state index in [1.165, 1.54) is 6.92 Å². The number of furan rings is 1. The van der Waals surface area contributed by atoms with Crippen molar-refractivity contribution in [2.75, 3.05) is 0 Å². The Labute approximate surface area is 229 Å². The number of amides is 1. The van der Waals surface area contributed by atoms with E-state index in [2.05, 4.69) is 10.3 Å². The number of aryl methyl sites for hydroxylation is 1. The first-order valence-corrected chi connectivity index (χ1v) is 13.0. The molecule has 2 aromatic heterocycles. The smallest absolute Gasteiger partial charge is 0.408 e. The van der Waals surface area contributed by atoms with Gasteiger partial charge in [0.1, 0.15) is 29.1 Å². The largest absolute Gasteiger partial charge is 0.444 e. The lowest BCUT2D eigenvalue weighted by molar-refractivity contribution is -0.141. The van der Waals surface area contributed by atoms with Gasteiger partial charge in [0.05, 0.1) is 5.54 Å². The molecule has 10 heteroatoms. The van der Waals surface area contributed by atoms with Crippen LogP contribution in [0.4, 0.5) is 18.0 Å². The molecule has 0 bridgehead atoms. The summed E-state index contributed by atoms with van der Waals surface area (Å²) in [7, 11) is 0. The highest BCUT2D eigenvalue weighted by atomic mass is 19.4. The third-order valence-corrected chi connectivity index (χ3v) is 7.05. The Morgan fingerprint density at radius 1 is 1.05 bits per heavy atom. The lowest BCUT2D eigenvalue weighted by Gasteiger charge is -2.43. The number of alkyl halides is 3. The Kier molecular flexibility index (Phi) is 6.76. The number of alkyl carbamates (subject to hydrolysis) is 1. The average Bonchev–Trinajstić information content (AvgIpc) is 3.22. The summed E-state index contributed by atoms with van der Waals surface area (Å²) >= 11 is 0. The topological polar surface area (TPSA) is 86.4 Å². The first-order valence-electron chi connectivity index (χ1n) is 13.0. The van der Waals surface area contributed by atoms with E-state index in [4.69, 9.17) is 9.15 Å². The number of hydrogen-bond donors (Lipinski definition) is 1. The van der Waals surface area contributed by atoms with Crippen molar-refractivity contribution in [3.8, 4) is 22.5 Å². The van der Waals surface area contributed by atoms with Gasteiger partial charge >= 0.3 is 12.3 Å². The number of fused-ring (bicyclic) bond motifs is 1. The summed E-state index contributed by atoms with van der Waals surface area (Å²) in [5.74, 6) is 0.231. The minimum atomic E-state index is -4.59. The number of ether oxygens (including phenoxy) is 1. The molecule has 0 spiro atoms. The number of aromatic nitrogens is 2. The maximum Gasteiger partial charge on any atom is 0.408 e. The van der Waals surface area contributed by atoms with Crippen molar-refractivity contribution < 1.29 is 27.1 Å². The van der Waals surface area contributed by atoms with Crippen LogP contribution in [0.25, 0.3) is 33.6 Å². The van der Waals surface area contributed by atoms with Crippen molar-refractivity contribution >= 4 is 17.2 Å².